The van der Waals surface area contributed by atoms with Gasteiger partial charge in [0.05, 0.1) is 29.5 Å². The third-order valence-corrected chi connectivity index (χ3v) is 4.24. The fourth-order valence-corrected chi connectivity index (χ4v) is 2.82. The summed E-state index contributed by atoms with van der Waals surface area (Å²) in [6, 6.07) is 17.7. The Labute approximate surface area is 156 Å². The molecule has 0 aliphatic rings. The van der Waals surface area contributed by atoms with Crippen LogP contribution >= 0.6 is 0 Å². The van der Waals surface area contributed by atoms with Gasteiger partial charge in [-0.15, -0.1) is 0 Å². The molecule has 134 valence electrons. The molecule has 1 amide bonds. The van der Waals surface area contributed by atoms with E-state index in [0.29, 0.717) is 6.54 Å². The quantitative estimate of drug-likeness (QED) is 0.557. The van der Waals surface area contributed by atoms with Crippen LogP contribution in [0.4, 0.5) is 0 Å². The Kier molecular flexibility index (Phi) is 4.53. The Balaban J connectivity index is 1.41. The number of para-hydroxylation sites is 3. The predicted molar refractivity (Wildman–Crippen MR) is 105 cm³/mol. The van der Waals surface area contributed by atoms with Crippen molar-refractivity contribution in [1.82, 2.24) is 24.6 Å². The first-order valence-corrected chi connectivity index (χ1v) is 8.66. The Hall–Kier alpha value is -3.67. The summed E-state index contributed by atoms with van der Waals surface area (Å²) in [6.45, 7) is 0.418. The van der Waals surface area contributed by atoms with E-state index in [-0.39, 0.29) is 5.91 Å². The zero-order valence-electron chi connectivity index (χ0n) is 14.9. The Morgan fingerprint density at radius 2 is 1.93 bits per heavy atom. The number of nitrogens with one attached hydrogen (secondary N) is 1. The molecule has 0 bridgehead atoms. The number of nitrogens with zero attached hydrogens (tertiary/aromatic N) is 4. The number of imidazole rings is 1. The number of carbonyl (C=O) groups is 1. The molecule has 0 radical (unpaired) electrons. The highest BCUT2D eigenvalue weighted by atomic mass is 16.2. The third kappa shape index (κ3) is 3.79. The van der Waals surface area contributed by atoms with Gasteiger partial charge in [-0.1, -0.05) is 30.3 Å². The summed E-state index contributed by atoms with van der Waals surface area (Å²) in [7, 11) is 1.76. The van der Waals surface area contributed by atoms with Gasteiger partial charge in [-0.3, -0.25) is 4.79 Å². The third-order valence-electron chi connectivity index (χ3n) is 4.24. The van der Waals surface area contributed by atoms with E-state index in [9.17, 15) is 4.79 Å². The van der Waals surface area contributed by atoms with Gasteiger partial charge in [-0.05, 0) is 30.3 Å². The van der Waals surface area contributed by atoms with Crippen LogP contribution in [-0.2, 0) is 11.3 Å². The van der Waals surface area contributed by atoms with E-state index in [1.165, 1.54) is 0 Å². The number of carbonyl (C=O) groups excluding carboxylic acids is 1. The van der Waals surface area contributed by atoms with Gasteiger partial charge in [0, 0.05) is 24.9 Å². The van der Waals surface area contributed by atoms with Crippen LogP contribution in [-0.4, -0.2) is 37.6 Å². The number of fused-ring (bicyclic) bond motifs is 1. The lowest BCUT2D eigenvalue weighted by Gasteiger charge is -2.12. The molecular weight excluding hydrogens is 338 g/mol. The molecule has 0 fully saturated rings. The maximum Gasteiger partial charge on any atom is 0.246 e. The zero-order valence-corrected chi connectivity index (χ0v) is 14.9. The van der Waals surface area contributed by atoms with Crippen LogP contribution in [0.25, 0.3) is 22.8 Å². The molecule has 6 nitrogen and oxygen atoms in total. The highest BCUT2D eigenvalue weighted by molar-refractivity contribution is 5.91. The largest absolute Gasteiger partial charge is 0.340 e. The van der Waals surface area contributed by atoms with E-state index in [1.807, 2.05) is 60.8 Å². The molecule has 0 aliphatic carbocycles. The maximum absolute atomic E-state index is 12.4. The number of aromatic nitrogens is 4. The van der Waals surface area contributed by atoms with Crippen molar-refractivity contribution in [2.24, 2.45) is 0 Å². The van der Waals surface area contributed by atoms with Crippen molar-refractivity contribution < 1.29 is 4.79 Å². The standard InChI is InChI=1S/C21H19N5O/c1-25(15-20-23-18-9-5-6-10-19(18)24-20)21(27)12-11-16-13-22-26(14-16)17-7-3-2-4-8-17/h2-14H,15H2,1H3,(H,23,24). The van der Waals surface area contributed by atoms with Crippen LogP contribution in [0.3, 0.4) is 0 Å². The molecule has 0 atom stereocenters. The number of hydrogen-bond donors (Lipinski definition) is 1. The lowest BCUT2D eigenvalue weighted by molar-refractivity contribution is -0.125. The average Bonchev–Trinajstić information content (AvgIpc) is 3.33. The molecule has 4 rings (SSSR count). The van der Waals surface area contributed by atoms with Crippen LogP contribution < -0.4 is 0 Å². The number of benzene rings is 2. The lowest BCUT2D eigenvalue weighted by atomic mass is 10.3. The van der Waals surface area contributed by atoms with Crippen molar-refractivity contribution in [2.75, 3.05) is 7.05 Å². The smallest absolute Gasteiger partial charge is 0.246 e. The summed E-state index contributed by atoms with van der Waals surface area (Å²) < 4.78 is 1.78. The van der Waals surface area contributed by atoms with Crippen molar-refractivity contribution in [3.05, 3.63) is 84.5 Å². The van der Waals surface area contributed by atoms with Gasteiger partial charge in [-0.25, -0.2) is 9.67 Å². The normalized spacial score (nSPS) is 11.3. The highest BCUT2D eigenvalue weighted by Crippen LogP contribution is 2.12. The van der Waals surface area contributed by atoms with Crippen molar-refractivity contribution >= 4 is 23.0 Å². The van der Waals surface area contributed by atoms with Crippen molar-refractivity contribution in [3.8, 4) is 5.69 Å². The number of aromatic amines is 1. The molecule has 0 saturated carbocycles. The summed E-state index contributed by atoms with van der Waals surface area (Å²) in [4.78, 5) is 21.7. The summed E-state index contributed by atoms with van der Waals surface area (Å²) in [5, 5.41) is 4.33. The fraction of sp³-hybridized carbons (Fsp3) is 0.0952. The number of likely N-dealkylation sites (N-methyl/N-ethyl adjacent to an activating group) is 1. The molecule has 0 saturated heterocycles. The SMILES string of the molecule is CN(Cc1nc2ccccc2[nH]1)C(=O)C=Cc1cnn(-c2ccccc2)c1. The molecular formula is C21H19N5O. The molecule has 2 aromatic heterocycles. The van der Waals surface area contributed by atoms with Crippen LogP contribution in [0.1, 0.15) is 11.4 Å². The van der Waals surface area contributed by atoms with Gasteiger partial charge < -0.3 is 9.88 Å². The molecule has 1 N–H and O–H groups in total. The van der Waals surface area contributed by atoms with E-state index >= 15 is 0 Å². The molecule has 0 aliphatic heterocycles. The minimum Gasteiger partial charge on any atom is -0.340 e. The van der Waals surface area contributed by atoms with Gasteiger partial charge in [0.2, 0.25) is 5.91 Å². The first kappa shape index (κ1) is 16.8. The second kappa shape index (κ2) is 7.29. The molecule has 2 heterocycles. The van der Waals surface area contributed by atoms with Crippen LogP contribution in [0.15, 0.2) is 73.1 Å². The van der Waals surface area contributed by atoms with E-state index in [1.54, 1.807) is 35.0 Å². The Bertz CT molecular complexity index is 1060. The van der Waals surface area contributed by atoms with Crippen molar-refractivity contribution in [2.45, 2.75) is 6.54 Å². The van der Waals surface area contributed by atoms with Gasteiger partial charge >= 0.3 is 0 Å². The second-order valence-corrected chi connectivity index (χ2v) is 6.28. The van der Waals surface area contributed by atoms with E-state index in [0.717, 1.165) is 28.1 Å². The first-order chi connectivity index (χ1) is 13.2. The maximum atomic E-state index is 12.4. The first-order valence-electron chi connectivity index (χ1n) is 8.66. The minimum absolute atomic E-state index is 0.0945. The van der Waals surface area contributed by atoms with Gasteiger partial charge in [0.1, 0.15) is 5.82 Å². The van der Waals surface area contributed by atoms with Crippen molar-refractivity contribution in [3.63, 3.8) is 0 Å². The number of hydrogen-bond acceptors (Lipinski definition) is 3. The van der Waals surface area contributed by atoms with E-state index in [2.05, 4.69) is 15.1 Å². The molecule has 27 heavy (non-hydrogen) atoms. The van der Waals surface area contributed by atoms with Crippen LogP contribution in [0.2, 0.25) is 0 Å². The fourth-order valence-electron chi connectivity index (χ4n) is 2.82. The number of H-pyrrole nitrogens is 1. The summed E-state index contributed by atoms with van der Waals surface area (Å²) >= 11 is 0. The average molecular weight is 357 g/mol. The molecule has 2 aromatic carbocycles. The molecule has 6 heteroatoms. The summed E-state index contributed by atoms with van der Waals surface area (Å²) in [5.74, 6) is 0.667. The number of amides is 1. The van der Waals surface area contributed by atoms with Gasteiger partial charge in [0.15, 0.2) is 0 Å². The Morgan fingerprint density at radius 1 is 1.15 bits per heavy atom. The van der Waals surface area contributed by atoms with Crippen LogP contribution in [0, 0.1) is 0 Å². The molecule has 0 spiro atoms. The van der Waals surface area contributed by atoms with E-state index in [4.69, 9.17) is 0 Å². The lowest BCUT2D eigenvalue weighted by Crippen LogP contribution is -2.24. The minimum atomic E-state index is -0.0945. The Morgan fingerprint density at radius 3 is 2.74 bits per heavy atom. The summed E-state index contributed by atoms with van der Waals surface area (Å²) in [5.41, 5.74) is 3.71. The predicted octanol–water partition coefficient (Wildman–Crippen LogP) is 3.42. The van der Waals surface area contributed by atoms with E-state index < -0.39 is 0 Å². The molecule has 4 aromatic rings. The topological polar surface area (TPSA) is 66.8 Å². The number of rotatable bonds is 5. The van der Waals surface area contributed by atoms with Gasteiger partial charge in [-0.2, -0.15) is 5.10 Å². The molecule has 0 unspecified atom stereocenters. The highest BCUT2D eigenvalue weighted by Gasteiger charge is 2.09. The second-order valence-electron chi connectivity index (χ2n) is 6.28. The zero-order chi connectivity index (χ0) is 18.6. The van der Waals surface area contributed by atoms with Gasteiger partial charge in [0.25, 0.3) is 0 Å². The summed E-state index contributed by atoms with van der Waals surface area (Å²) in [6.07, 6.45) is 6.94. The monoisotopic (exact) mass is 357 g/mol. The van der Waals surface area contributed by atoms with Crippen LogP contribution in [0.5, 0.6) is 0 Å². The van der Waals surface area contributed by atoms with Crippen molar-refractivity contribution in [1.29, 1.82) is 0 Å².